The second kappa shape index (κ2) is 6.06. The molecule has 1 aliphatic heterocycles. The molecule has 0 amide bonds. The van der Waals surface area contributed by atoms with E-state index >= 15 is 0 Å². The van der Waals surface area contributed by atoms with Crippen molar-refractivity contribution in [3.63, 3.8) is 0 Å². The summed E-state index contributed by atoms with van der Waals surface area (Å²) >= 11 is 0. The summed E-state index contributed by atoms with van der Waals surface area (Å²) < 4.78 is 18.0. The zero-order valence-electron chi connectivity index (χ0n) is 12.3. The zero-order valence-corrected chi connectivity index (χ0v) is 13.2. The molecule has 0 N–H and O–H groups in total. The first-order valence-electron chi connectivity index (χ1n) is 7.08. The first-order chi connectivity index (χ1) is 9.04. The Kier molecular flexibility index (Phi) is 4.84. The minimum Gasteiger partial charge on any atom is -0.369 e. The Bertz CT molecular complexity index is 345. The van der Waals surface area contributed by atoms with Gasteiger partial charge in [0.05, 0.1) is 17.8 Å². The number of hydrogen-bond donors (Lipinski definition) is 0. The minimum absolute atomic E-state index is 0.108. The SMILES string of the molecule is [C-]#[N+]CCOP(C)O[C@@H]1[C@@H]2C(C)C[C@@]1(CC)O[C@H]2C. The van der Waals surface area contributed by atoms with Crippen LogP contribution in [0.1, 0.15) is 33.6 Å². The Balaban J connectivity index is 1.97. The monoisotopic (exact) mass is 285 g/mol. The Morgan fingerprint density at radius 3 is 2.79 bits per heavy atom. The highest BCUT2D eigenvalue weighted by atomic mass is 31.2. The molecule has 19 heavy (non-hydrogen) atoms. The smallest absolute Gasteiger partial charge is 0.238 e. The quantitative estimate of drug-likeness (QED) is 0.425. The molecule has 2 fully saturated rings. The molecule has 0 radical (unpaired) electrons. The maximum atomic E-state index is 6.75. The van der Waals surface area contributed by atoms with Crippen LogP contribution in [-0.2, 0) is 13.8 Å². The van der Waals surface area contributed by atoms with Crippen LogP contribution in [-0.4, -0.2) is 37.6 Å². The third-order valence-corrected chi connectivity index (χ3v) is 5.56. The molecule has 5 heteroatoms. The lowest BCUT2D eigenvalue weighted by Crippen LogP contribution is -2.37. The summed E-state index contributed by atoms with van der Waals surface area (Å²) in [6.07, 6.45) is 2.52. The van der Waals surface area contributed by atoms with E-state index in [1.165, 1.54) is 0 Å². The van der Waals surface area contributed by atoms with Crippen LogP contribution in [0.3, 0.4) is 0 Å². The predicted octanol–water partition coefficient (Wildman–Crippen LogP) is 3.47. The highest BCUT2D eigenvalue weighted by Gasteiger charge is 2.61. The number of fused-ring (bicyclic) bond motifs is 2. The molecule has 0 aromatic carbocycles. The molecule has 1 saturated carbocycles. The van der Waals surface area contributed by atoms with Gasteiger partial charge in [-0.05, 0) is 25.7 Å². The lowest BCUT2D eigenvalue weighted by atomic mass is 9.92. The molecule has 6 atom stereocenters. The van der Waals surface area contributed by atoms with Crippen LogP contribution in [0, 0.1) is 18.4 Å². The van der Waals surface area contributed by atoms with Gasteiger partial charge in [0.2, 0.25) is 6.54 Å². The number of rotatable bonds is 6. The Morgan fingerprint density at radius 2 is 2.21 bits per heavy atom. The highest BCUT2D eigenvalue weighted by Crippen LogP contribution is 2.57. The van der Waals surface area contributed by atoms with Crippen molar-refractivity contribution in [3.05, 3.63) is 11.4 Å². The summed E-state index contributed by atoms with van der Waals surface area (Å²) in [5.41, 5.74) is -0.108. The first-order valence-corrected chi connectivity index (χ1v) is 8.71. The maximum Gasteiger partial charge on any atom is 0.238 e. The van der Waals surface area contributed by atoms with Gasteiger partial charge in [0.15, 0.2) is 8.38 Å². The summed E-state index contributed by atoms with van der Waals surface area (Å²) in [5, 5.41) is 0. The number of ether oxygens (including phenoxy) is 1. The van der Waals surface area contributed by atoms with Crippen molar-refractivity contribution < 1.29 is 13.8 Å². The molecule has 4 nitrogen and oxygen atoms in total. The van der Waals surface area contributed by atoms with Crippen molar-refractivity contribution in [3.8, 4) is 0 Å². The van der Waals surface area contributed by atoms with Crippen LogP contribution in [0.4, 0.5) is 0 Å². The number of nitrogens with zero attached hydrogens (tertiary/aromatic N) is 1. The topological polar surface area (TPSA) is 32.0 Å². The fourth-order valence-electron chi connectivity index (χ4n) is 3.72. The van der Waals surface area contributed by atoms with Crippen molar-refractivity contribution in [1.29, 1.82) is 0 Å². The molecule has 2 rings (SSSR count). The van der Waals surface area contributed by atoms with E-state index in [1.807, 2.05) is 6.66 Å². The second-order valence-corrected chi connectivity index (χ2v) is 7.03. The summed E-state index contributed by atoms with van der Waals surface area (Å²) in [6, 6.07) is 0. The van der Waals surface area contributed by atoms with Crippen LogP contribution in [0.15, 0.2) is 0 Å². The molecule has 0 spiro atoms. The molecule has 0 aromatic heterocycles. The standard InChI is InChI=1S/C14H24NO3P/c1-6-14-9-10(2)12(11(3)17-14)13(14)18-19(5)16-8-7-15-4/h10-13H,6-9H2,1-3,5H3/t10?,11-,12+,13+,14+,19?/m0/s1. The van der Waals surface area contributed by atoms with Gasteiger partial charge in [0.25, 0.3) is 0 Å². The minimum atomic E-state index is -0.915. The van der Waals surface area contributed by atoms with Gasteiger partial charge >= 0.3 is 0 Å². The molecule has 2 aliphatic rings. The summed E-state index contributed by atoms with van der Waals surface area (Å²) in [5.74, 6) is 1.13. The van der Waals surface area contributed by atoms with Crippen molar-refractivity contribution in [2.75, 3.05) is 19.8 Å². The van der Waals surface area contributed by atoms with E-state index in [4.69, 9.17) is 20.4 Å². The average Bonchev–Trinajstić information content (AvgIpc) is 2.77. The molecule has 0 aromatic rings. The molecular weight excluding hydrogens is 261 g/mol. The van der Waals surface area contributed by atoms with Crippen molar-refractivity contribution in [1.82, 2.24) is 0 Å². The van der Waals surface area contributed by atoms with Crippen molar-refractivity contribution in [2.24, 2.45) is 11.8 Å². The van der Waals surface area contributed by atoms with Gasteiger partial charge in [0.1, 0.15) is 6.61 Å². The number of hydrogen-bond acceptors (Lipinski definition) is 3. The summed E-state index contributed by atoms with van der Waals surface area (Å²) in [4.78, 5) is 3.29. The maximum absolute atomic E-state index is 6.75. The van der Waals surface area contributed by atoms with Crippen LogP contribution < -0.4 is 0 Å². The molecule has 1 heterocycles. The fourth-order valence-corrected chi connectivity index (χ4v) is 4.77. The van der Waals surface area contributed by atoms with Crippen LogP contribution in [0.2, 0.25) is 0 Å². The molecule has 2 unspecified atom stereocenters. The fraction of sp³-hybridized carbons (Fsp3) is 0.929. The van der Waals surface area contributed by atoms with Gasteiger partial charge < -0.3 is 18.6 Å². The predicted molar refractivity (Wildman–Crippen MR) is 76.0 cm³/mol. The zero-order chi connectivity index (χ0) is 14.0. The van der Waals surface area contributed by atoms with E-state index in [-0.39, 0.29) is 17.8 Å². The normalized spacial score (nSPS) is 42.3. The van der Waals surface area contributed by atoms with E-state index < -0.39 is 8.38 Å². The van der Waals surface area contributed by atoms with E-state index in [9.17, 15) is 0 Å². The third kappa shape index (κ3) is 2.81. The van der Waals surface area contributed by atoms with Gasteiger partial charge in [-0.1, -0.05) is 13.8 Å². The van der Waals surface area contributed by atoms with Crippen molar-refractivity contribution >= 4 is 8.38 Å². The highest BCUT2D eigenvalue weighted by molar-refractivity contribution is 7.46. The molecule has 1 aliphatic carbocycles. The Morgan fingerprint density at radius 1 is 1.47 bits per heavy atom. The van der Waals surface area contributed by atoms with Crippen LogP contribution >= 0.6 is 8.38 Å². The van der Waals surface area contributed by atoms with E-state index in [0.29, 0.717) is 25.0 Å². The van der Waals surface area contributed by atoms with E-state index in [1.54, 1.807) is 0 Å². The Labute approximate surface area is 117 Å². The van der Waals surface area contributed by atoms with E-state index in [2.05, 4.69) is 25.6 Å². The lowest BCUT2D eigenvalue weighted by molar-refractivity contribution is -0.0927. The van der Waals surface area contributed by atoms with Crippen LogP contribution in [0.25, 0.3) is 4.85 Å². The molecule has 1 saturated heterocycles. The molecule has 108 valence electrons. The molecule has 2 bridgehead atoms. The van der Waals surface area contributed by atoms with Crippen molar-refractivity contribution in [2.45, 2.75) is 51.4 Å². The van der Waals surface area contributed by atoms with Gasteiger partial charge in [0, 0.05) is 12.6 Å². The van der Waals surface area contributed by atoms with Gasteiger partial charge in [-0.3, -0.25) is 0 Å². The average molecular weight is 285 g/mol. The first kappa shape index (κ1) is 15.2. The lowest BCUT2D eigenvalue weighted by Gasteiger charge is -2.32. The van der Waals surface area contributed by atoms with Crippen LogP contribution in [0.5, 0.6) is 0 Å². The van der Waals surface area contributed by atoms with Gasteiger partial charge in [-0.15, -0.1) is 0 Å². The summed E-state index contributed by atoms with van der Waals surface area (Å²) in [7, 11) is -0.915. The van der Waals surface area contributed by atoms with E-state index in [0.717, 1.165) is 12.8 Å². The largest absolute Gasteiger partial charge is 0.369 e. The van der Waals surface area contributed by atoms with Gasteiger partial charge in [-0.25, -0.2) is 6.57 Å². The van der Waals surface area contributed by atoms with Gasteiger partial charge in [-0.2, -0.15) is 0 Å². The molecular formula is C14H24NO3P. The third-order valence-electron chi connectivity index (χ3n) is 4.49. The summed E-state index contributed by atoms with van der Waals surface area (Å²) in [6.45, 7) is 16.2. The second-order valence-electron chi connectivity index (χ2n) is 5.68. The Hall–Kier alpha value is -0.200.